The summed E-state index contributed by atoms with van der Waals surface area (Å²) in [5, 5.41) is 5.01. The van der Waals surface area contributed by atoms with Gasteiger partial charge in [0.2, 0.25) is 0 Å². The first-order valence-electron chi connectivity index (χ1n) is 4.84. The molecule has 0 aromatic heterocycles. The van der Waals surface area contributed by atoms with E-state index in [1.165, 1.54) is 21.3 Å². The zero-order valence-corrected chi connectivity index (χ0v) is 10.8. The summed E-state index contributed by atoms with van der Waals surface area (Å²) in [6, 6.07) is 5.25. The standard InChI is InChI=1S/C10H16N2O4S/c1-12(17(11,13)14)7-8-5-4-6-9(15-2)10(8)16-3/h4-6H,7H2,1-3H3,(H2,11,13,14). The molecule has 96 valence electrons. The maximum Gasteiger partial charge on any atom is 0.276 e. The largest absolute Gasteiger partial charge is 0.493 e. The van der Waals surface area contributed by atoms with Crippen molar-refractivity contribution in [3.8, 4) is 11.5 Å². The Balaban J connectivity index is 3.07. The third-order valence-corrected chi connectivity index (χ3v) is 3.31. The van der Waals surface area contributed by atoms with Crippen molar-refractivity contribution in [1.29, 1.82) is 0 Å². The van der Waals surface area contributed by atoms with E-state index in [1.807, 2.05) is 0 Å². The van der Waals surface area contributed by atoms with E-state index in [4.69, 9.17) is 14.6 Å². The van der Waals surface area contributed by atoms with Crippen LogP contribution in [-0.2, 0) is 16.8 Å². The van der Waals surface area contributed by atoms with Crippen LogP contribution in [0.5, 0.6) is 11.5 Å². The van der Waals surface area contributed by atoms with Crippen molar-refractivity contribution in [1.82, 2.24) is 4.31 Å². The summed E-state index contributed by atoms with van der Waals surface area (Å²) < 4.78 is 33.6. The molecule has 2 N–H and O–H groups in total. The Bertz CT molecular complexity index is 487. The van der Waals surface area contributed by atoms with Gasteiger partial charge in [0.1, 0.15) is 0 Å². The molecule has 0 aliphatic carbocycles. The summed E-state index contributed by atoms with van der Waals surface area (Å²) in [5.74, 6) is 1.05. The molecule has 0 atom stereocenters. The summed E-state index contributed by atoms with van der Waals surface area (Å²) in [5.41, 5.74) is 0.684. The van der Waals surface area contributed by atoms with Crippen LogP contribution in [0.3, 0.4) is 0 Å². The molecule has 0 aliphatic heterocycles. The summed E-state index contributed by atoms with van der Waals surface area (Å²) in [6.45, 7) is 0.124. The van der Waals surface area contributed by atoms with E-state index in [0.717, 1.165) is 4.31 Å². The Morgan fingerprint density at radius 3 is 2.41 bits per heavy atom. The molecular weight excluding hydrogens is 244 g/mol. The molecule has 1 aromatic carbocycles. The van der Waals surface area contributed by atoms with Crippen LogP contribution in [0.1, 0.15) is 5.56 Å². The number of rotatable bonds is 5. The lowest BCUT2D eigenvalue weighted by Crippen LogP contribution is -2.32. The first-order chi connectivity index (χ1) is 7.90. The third-order valence-electron chi connectivity index (χ3n) is 2.31. The average molecular weight is 260 g/mol. The highest BCUT2D eigenvalue weighted by atomic mass is 32.2. The number of methoxy groups -OCH3 is 2. The number of nitrogens with two attached hydrogens (primary N) is 1. The summed E-state index contributed by atoms with van der Waals surface area (Å²) in [4.78, 5) is 0. The predicted molar refractivity (Wildman–Crippen MR) is 64.1 cm³/mol. The molecule has 0 amide bonds. The number of hydrogen-bond acceptors (Lipinski definition) is 4. The smallest absolute Gasteiger partial charge is 0.276 e. The summed E-state index contributed by atoms with van der Waals surface area (Å²) in [6.07, 6.45) is 0. The molecule has 1 aromatic rings. The first kappa shape index (κ1) is 13.8. The van der Waals surface area contributed by atoms with Crippen LogP contribution in [0, 0.1) is 0 Å². The Kier molecular flexibility index (Phi) is 4.33. The predicted octanol–water partition coefficient (Wildman–Crippen LogP) is 0.339. The molecule has 0 unspecified atom stereocenters. The molecule has 0 spiro atoms. The van der Waals surface area contributed by atoms with Gasteiger partial charge >= 0.3 is 0 Å². The normalized spacial score (nSPS) is 11.6. The number of benzene rings is 1. The molecule has 17 heavy (non-hydrogen) atoms. The van der Waals surface area contributed by atoms with Gasteiger partial charge in [-0.15, -0.1) is 0 Å². The zero-order chi connectivity index (χ0) is 13.1. The second-order valence-corrected chi connectivity index (χ2v) is 5.11. The van der Waals surface area contributed by atoms with E-state index in [9.17, 15) is 8.42 Å². The Morgan fingerprint density at radius 2 is 1.94 bits per heavy atom. The first-order valence-corrected chi connectivity index (χ1v) is 6.34. The van der Waals surface area contributed by atoms with Gasteiger partial charge in [-0.05, 0) is 6.07 Å². The van der Waals surface area contributed by atoms with E-state index in [-0.39, 0.29) is 6.54 Å². The second-order valence-electron chi connectivity index (χ2n) is 3.45. The SMILES string of the molecule is COc1cccc(CN(C)S(N)(=O)=O)c1OC. The lowest BCUT2D eigenvalue weighted by molar-refractivity contribution is 0.347. The van der Waals surface area contributed by atoms with E-state index in [2.05, 4.69) is 0 Å². The molecule has 7 heteroatoms. The summed E-state index contributed by atoms with van der Waals surface area (Å²) in [7, 11) is 0.706. The fourth-order valence-corrected chi connectivity index (χ4v) is 1.73. The maximum atomic E-state index is 11.1. The van der Waals surface area contributed by atoms with Crippen molar-refractivity contribution in [3.05, 3.63) is 23.8 Å². The molecule has 0 bridgehead atoms. The molecule has 0 aliphatic rings. The van der Waals surface area contributed by atoms with Crippen LogP contribution in [0.4, 0.5) is 0 Å². The highest BCUT2D eigenvalue weighted by molar-refractivity contribution is 7.86. The highest BCUT2D eigenvalue weighted by Crippen LogP contribution is 2.31. The van der Waals surface area contributed by atoms with Gasteiger partial charge in [0, 0.05) is 19.2 Å². The van der Waals surface area contributed by atoms with Crippen molar-refractivity contribution < 1.29 is 17.9 Å². The molecular formula is C10H16N2O4S. The number of hydrogen-bond donors (Lipinski definition) is 1. The van der Waals surface area contributed by atoms with Gasteiger partial charge in [-0.2, -0.15) is 12.7 Å². The van der Waals surface area contributed by atoms with Gasteiger partial charge < -0.3 is 9.47 Å². The topological polar surface area (TPSA) is 81.9 Å². The molecule has 1 rings (SSSR count). The zero-order valence-electron chi connectivity index (χ0n) is 10.0. The van der Waals surface area contributed by atoms with E-state index < -0.39 is 10.2 Å². The third kappa shape index (κ3) is 3.32. The van der Waals surface area contributed by atoms with E-state index >= 15 is 0 Å². The van der Waals surface area contributed by atoms with Crippen LogP contribution in [-0.4, -0.2) is 34.0 Å². The monoisotopic (exact) mass is 260 g/mol. The lowest BCUT2D eigenvalue weighted by Gasteiger charge is -2.17. The van der Waals surface area contributed by atoms with Gasteiger partial charge in [-0.25, -0.2) is 5.14 Å². The second kappa shape index (κ2) is 5.35. The average Bonchev–Trinajstić information content (AvgIpc) is 2.27. The molecule has 0 fully saturated rings. The number of para-hydroxylation sites is 1. The lowest BCUT2D eigenvalue weighted by atomic mass is 10.2. The molecule has 0 heterocycles. The minimum atomic E-state index is -3.71. The minimum absolute atomic E-state index is 0.124. The van der Waals surface area contributed by atoms with Crippen LogP contribution in [0.15, 0.2) is 18.2 Å². The quantitative estimate of drug-likeness (QED) is 0.827. The fourth-order valence-electron chi connectivity index (χ4n) is 1.41. The summed E-state index contributed by atoms with van der Waals surface area (Å²) >= 11 is 0. The molecule has 0 saturated carbocycles. The van der Waals surface area contributed by atoms with Gasteiger partial charge in [0.15, 0.2) is 11.5 Å². The van der Waals surface area contributed by atoms with Crippen LogP contribution in [0.2, 0.25) is 0 Å². The van der Waals surface area contributed by atoms with Crippen LogP contribution < -0.4 is 14.6 Å². The van der Waals surface area contributed by atoms with Gasteiger partial charge in [0.05, 0.1) is 14.2 Å². The number of nitrogens with zero attached hydrogens (tertiary/aromatic N) is 1. The molecule has 0 saturated heterocycles. The van der Waals surface area contributed by atoms with Crippen molar-refractivity contribution in [3.63, 3.8) is 0 Å². The van der Waals surface area contributed by atoms with Crippen molar-refractivity contribution in [2.45, 2.75) is 6.54 Å². The van der Waals surface area contributed by atoms with E-state index in [1.54, 1.807) is 18.2 Å². The van der Waals surface area contributed by atoms with Gasteiger partial charge in [0.25, 0.3) is 10.2 Å². The Hall–Kier alpha value is -1.31. The molecule has 0 radical (unpaired) electrons. The van der Waals surface area contributed by atoms with Crippen LogP contribution >= 0.6 is 0 Å². The van der Waals surface area contributed by atoms with Gasteiger partial charge in [-0.3, -0.25) is 0 Å². The highest BCUT2D eigenvalue weighted by Gasteiger charge is 2.16. The fraction of sp³-hybridized carbons (Fsp3) is 0.400. The van der Waals surface area contributed by atoms with E-state index in [0.29, 0.717) is 17.1 Å². The van der Waals surface area contributed by atoms with Crippen LogP contribution in [0.25, 0.3) is 0 Å². The van der Waals surface area contributed by atoms with Crippen molar-refractivity contribution in [2.75, 3.05) is 21.3 Å². The maximum absolute atomic E-state index is 11.1. The Labute approximate surface area is 101 Å². The van der Waals surface area contributed by atoms with Crippen molar-refractivity contribution >= 4 is 10.2 Å². The van der Waals surface area contributed by atoms with Gasteiger partial charge in [-0.1, -0.05) is 12.1 Å². The molecule has 6 nitrogen and oxygen atoms in total. The van der Waals surface area contributed by atoms with Crippen molar-refractivity contribution in [2.24, 2.45) is 5.14 Å². The minimum Gasteiger partial charge on any atom is -0.493 e. The Morgan fingerprint density at radius 1 is 1.29 bits per heavy atom. The number of ether oxygens (including phenoxy) is 2.